The monoisotopic (exact) mass is 1040 g/mol. The molecule has 0 aromatic rings. The lowest BCUT2D eigenvalue weighted by atomic mass is 10.0. The lowest BCUT2D eigenvalue weighted by Crippen LogP contribution is -2.30. The van der Waals surface area contributed by atoms with E-state index in [4.69, 9.17) is 14.2 Å². The summed E-state index contributed by atoms with van der Waals surface area (Å²) in [5.41, 5.74) is 0. The molecule has 0 rings (SSSR count). The number of allylic oxidation sites excluding steroid dienone is 8. The molecule has 0 aliphatic rings. The lowest BCUT2D eigenvalue weighted by Gasteiger charge is -2.18. The van der Waals surface area contributed by atoms with E-state index >= 15 is 0 Å². The zero-order valence-corrected chi connectivity index (χ0v) is 49.6. The fraction of sp³-hybridized carbons (Fsp3) is 0.838. The first-order chi connectivity index (χ1) is 36.5. The number of ether oxygens (including phenoxy) is 3. The Morgan fingerprint density at radius 3 is 0.770 bits per heavy atom. The number of unbranched alkanes of at least 4 members (excludes halogenated alkanes) is 41. The maximum absolute atomic E-state index is 12.8. The summed E-state index contributed by atoms with van der Waals surface area (Å²) in [5, 5.41) is 0. The van der Waals surface area contributed by atoms with Gasteiger partial charge < -0.3 is 14.2 Å². The molecule has 0 bridgehead atoms. The molecule has 432 valence electrons. The van der Waals surface area contributed by atoms with Crippen LogP contribution in [0.4, 0.5) is 0 Å². The highest BCUT2D eigenvalue weighted by molar-refractivity contribution is 5.71. The SMILES string of the molecule is CCCCCCC/C=C\C/C=C\C/C=C\CCCCCCCCCCCCCCC(=O)OCC(COC(=O)CCCCCCCC)OC(=O)CCCCCCCCCCCCC/C=C\CCCCCCCCCC. The van der Waals surface area contributed by atoms with Gasteiger partial charge in [-0.15, -0.1) is 0 Å². The molecule has 0 amide bonds. The van der Waals surface area contributed by atoms with E-state index < -0.39 is 6.10 Å². The van der Waals surface area contributed by atoms with Crippen LogP contribution in [0.25, 0.3) is 0 Å². The molecular weight excluding hydrogens is 913 g/mol. The number of carbonyl (C=O) groups excluding carboxylic acids is 3. The molecular formula is C68H124O6. The third-order valence-electron chi connectivity index (χ3n) is 14.6. The smallest absolute Gasteiger partial charge is 0.306 e. The van der Waals surface area contributed by atoms with Gasteiger partial charge in [-0.2, -0.15) is 0 Å². The van der Waals surface area contributed by atoms with Gasteiger partial charge in [-0.1, -0.05) is 294 Å². The zero-order valence-electron chi connectivity index (χ0n) is 49.6. The van der Waals surface area contributed by atoms with Gasteiger partial charge >= 0.3 is 17.9 Å². The molecule has 0 N–H and O–H groups in total. The molecule has 0 aromatic heterocycles. The zero-order chi connectivity index (χ0) is 53.6. The fourth-order valence-corrected chi connectivity index (χ4v) is 9.62. The molecule has 74 heavy (non-hydrogen) atoms. The first-order valence-corrected chi connectivity index (χ1v) is 32.6. The molecule has 6 heteroatoms. The Labute approximate surface area is 460 Å². The van der Waals surface area contributed by atoms with E-state index in [2.05, 4.69) is 69.4 Å². The Morgan fingerprint density at radius 2 is 0.486 bits per heavy atom. The van der Waals surface area contributed by atoms with Gasteiger partial charge in [0.2, 0.25) is 0 Å². The second kappa shape index (κ2) is 62.9. The van der Waals surface area contributed by atoms with Crippen molar-refractivity contribution in [2.24, 2.45) is 0 Å². The molecule has 0 fully saturated rings. The molecule has 1 unspecified atom stereocenters. The summed E-state index contributed by atoms with van der Waals surface area (Å²) >= 11 is 0. The van der Waals surface area contributed by atoms with Crippen LogP contribution >= 0.6 is 0 Å². The van der Waals surface area contributed by atoms with Crippen molar-refractivity contribution in [3.63, 3.8) is 0 Å². The standard InChI is InChI=1S/C68H124O6/c1-4-7-10-13-16-18-20-22-24-26-28-30-32-33-34-35-37-38-40-42-44-46-48-50-52-55-58-61-67(70)73-64-65(63-72-66(69)60-57-54-15-12-9-6-3)74-68(71)62-59-56-53-51-49-47-45-43-41-39-36-31-29-27-25-23-21-19-17-14-11-8-5-2/h20,22,26-29,32-33,65H,4-19,21,23-25,30-31,34-64H2,1-3H3/b22-20-,28-26-,29-27-,33-32-. The average Bonchev–Trinajstić information content (AvgIpc) is 3.40. The van der Waals surface area contributed by atoms with E-state index in [-0.39, 0.29) is 31.1 Å². The first kappa shape index (κ1) is 71.4. The summed E-state index contributed by atoms with van der Waals surface area (Å²) in [6.07, 6.45) is 78.7. The summed E-state index contributed by atoms with van der Waals surface area (Å²) in [7, 11) is 0. The second-order valence-corrected chi connectivity index (χ2v) is 22.0. The minimum atomic E-state index is -0.770. The molecule has 1 atom stereocenters. The van der Waals surface area contributed by atoms with E-state index in [9.17, 15) is 14.4 Å². The van der Waals surface area contributed by atoms with Crippen LogP contribution in [0.5, 0.6) is 0 Å². The van der Waals surface area contributed by atoms with Crippen molar-refractivity contribution in [1.29, 1.82) is 0 Å². The van der Waals surface area contributed by atoms with E-state index in [1.165, 1.54) is 238 Å². The number of esters is 3. The Balaban J connectivity index is 4.05. The topological polar surface area (TPSA) is 78.9 Å². The molecule has 0 aliphatic carbocycles. The van der Waals surface area contributed by atoms with Gasteiger partial charge in [0.1, 0.15) is 13.2 Å². The Hall–Kier alpha value is -2.63. The van der Waals surface area contributed by atoms with Crippen molar-refractivity contribution in [2.75, 3.05) is 13.2 Å². The molecule has 0 saturated carbocycles. The van der Waals surface area contributed by atoms with Crippen LogP contribution < -0.4 is 0 Å². The minimum absolute atomic E-state index is 0.0714. The van der Waals surface area contributed by atoms with Crippen LogP contribution in [-0.2, 0) is 28.6 Å². The maximum atomic E-state index is 12.8. The number of hydrogen-bond acceptors (Lipinski definition) is 6. The number of rotatable bonds is 60. The molecule has 0 saturated heterocycles. The van der Waals surface area contributed by atoms with Gasteiger partial charge in [-0.05, 0) is 83.5 Å². The van der Waals surface area contributed by atoms with Crippen LogP contribution in [0.1, 0.15) is 348 Å². The quantitative estimate of drug-likeness (QED) is 0.0261. The van der Waals surface area contributed by atoms with Crippen molar-refractivity contribution in [3.8, 4) is 0 Å². The summed E-state index contributed by atoms with van der Waals surface area (Å²) in [5.74, 6) is -0.866. The lowest BCUT2D eigenvalue weighted by molar-refractivity contribution is -0.167. The highest BCUT2D eigenvalue weighted by Gasteiger charge is 2.19. The molecule has 0 spiro atoms. The van der Waals surface area contributed by atoms with Crippen LogP contribution in [0, 0.1) is 0 Å². The maximum Gasteiger partial charge on any atom is 0.306 e. The highest BCUT2D eigenvalue weighted by Crippen LogP contribution is 2.17. The van der Waals surface area contributed by atoms with Crippen LogP contribution in [0.2, 0.25) is 0 Å². The summed E-state index contributed by atoms with van der Waals surface area (Å²) in [6.45, 7) is 6.61. The summed E-state index contributed by atoms with van der Waals surface area (Å²) in [4.78, 5) is 38.0. The van der Waals surface area contributed by atoms with Gasteiger partial charge in [-0.25, -0.2) is 0 Å². The Bertz CT molecular complexity index is 1280. The Kier molecular flexibility index (Phi) is 60.7. The molecule has 0 radical (unpaired) electrons. The second-order valence-electron chi connectivity index (χ2n) is 22.0. The van der Waals surface area contributed by atoms with Crippen LogP contribution in [0.3, 0.4) is 0 Å². The van der Waals surface area contributed by atoms with Crippen molar-refractivity contribution >= 4 is 17.9 Å². The number of carbonyl (C=O) groups is 3. The van der Waals surface area contributed by atoms with Crippen LogP contribution in [-0.4, -0.2) is 37.2 Å². The van der Waals surface area contributed by atoms with Gasteiger partial charge in [-0.3, -0.25) is 14.4 Å². The van der Waals surface area contributed by atoms with E-state index in [0.717, 1.165) is 70.6 Å². The van der Waals surface area contributed by atoms with Crippen molar-refractivity contribution < 1.29 is 28.6 Å². The van der Waals surface area contributed by atoms with E-state index in [1.54, 1.807) is 0 Å². The highest BCUT2D eigenvalue weighted by atomic mass is 16.6. The Morgan fingerprint density at radius 1 is 0.270 bits per heavy atom. The van der Waals surface area contributed by atoms with Gasteiger partial charge in [0.15, 0.2) is 6.10 Å². The van der Waals surface area contributed by atoms with Gasteiger partial charge in [0.25, 0.3) is 0 Å². The van der Waals surface area contributed by atoms with Crippen LogP contribution in [0.15, 0.2) is 48.6 Å². The predicted octanol–water partition coefficient (Wildman–Crippen LogP) is 22.2. The summed E-state index contributed by atoms with van der Waals surface area (Å²) in [6, 6.07) is 0. The number of hydrogen-bond donors (Lipinski definition) is 0. The first-order valence-electron chi connectivity index (χ1n) is 32.6. The van der Waals surface area contributed by atoms with Gasteiger partial charge in [0.05, 0.1) is 0 Å². The third kappa shape index (κ3) is 60.2. The summed E-state index contributed by atoms with van der Waals surface area (Å²) < 4.78 is 16.8. The predicted molar refractivity (Wildman–Crippen MR) is 321 cm³/mol. The normalized spacial score (nSPS) is 12.3. The van der Waals surface area contributed by atoms with Crippen molar-refractivity contribution in [2.45, 2.75) is 354 Å². The van der Waals surface area contributed by atoms with Gasteiger partial charge in [0, 0.05) is 19.3 Å². The molecule has 0 aliphatic heterocycles. The van der Waals surface area contributed by atoms with E-state index in [0.29, 0.717) is 19.3 Å². The third-order valence-corrected chi connectivity index (χ3v) is 14.6. The van der Waals surface area contributed by atoms with Crippen molar-refractivity contribution in [3.05, 3.63) is 48.6 Å². The van der Waals surface area contributed by atoms with Crippen molar-refractivity contribution in [1.82, 2.24) is 0 Å². The minimum Gasteiger partial charge on any atom is -0.462 e. The largest absolute Gasteiger partial charge is 0.462 e. The average molecular weight is 1040 g/mol. The molecule has 6 nitrogen and oxygen atoms in total. The molecule has 0 heterocycles. The van der Waals surface area contributed by atoms with E-state index in [1.807, 2.05) is 0 Å². The fourth-order valence-electron chi connectivity index (χ4n) is 9.62. The molecule has 0 aromatic carbocycles.